The zero-order valence-corrected chi connectivity index (χ0v) is 11.6. The van der Waals surface area contributed by atoms with Crippen molar-refractivity contribution in [2.75, 3.05) is 26.7 Å². The fourth-order valence-electron chi connectivity index (χ4n) is 2.16. The van der Waals surface area contributed by atoms with Crippen molar-refractivity contribution < 1.29 is 9.53 Å². The molecule has 0 aromatic heterocycles. The number of carbonyl (C=O) groups is 1. The molecule has 0 saturated carbocycles. The molecule has 0 aliphatic carbocycles. The fourth-order valence-corrected chi connectivity index (χ4v) is 2.16. The molecule has 19 heavy (non-hydrogen) atoms. The van der Waals surface area contributed by atoms with E-state index in [0.29, 0.717) is 12.5 Å². The van der Waals surface area contributed by atoms with E-state index in [0.717, 1.165) is 25.3 Å². The number of ether oxygens (including phenoxy) is 1. The second-order valence-corrected chi connectivity index (χ2v) is 5.10. The van der Waals surface area contributed by atoms with E-state index in [9.17, 15) is 4.79 Å². The van der Waals surface area contributed by atoms with Crippen LogP contribution in [-0.4, -0.2) is 32.7 Å². The van der Waals surface area contributed by atoms with Crippen LogP contribution in [-0.2, 0) is 11.2 Å². The molecule has 1 amide bonds. The number of amides is 1. The first-order chi connectivity index (χ1) is 9.20. The summed E-state index contributed by atoms with van der Waals surface area (Å²) in [5.74, 6) is 1.64. The van der Waals surface area contributed by atoms with Crippen molar-refractivity contribution in [3.8, 4) is 5.75 Å². The minimum Gasteiger partial charge on any atom is -0.497 e. The summed E-state index contributed by atoms with van der Waals surface area (Å²) >= 11 is 0. The fraction of sp³-hybridized carbons (Fsp3) is 0.533. The number of hydrogen-bond donors (Lipinski definition) is 2. The van der Waals surface area contributed by atoms with Crippen LogP contribution in [0.25, 0.3) is 0 Å². The van der Waals surface area contributed by atoms with Gasteiger partial charge in [0.15, 0.2) is 0 Å². The SMILES string of the molecule is COc1ccc(CCNC(=O)C(C)C2CNC2)cc1. The molecule has 104 valence electrons. The quantitative estimate of drug-likeness (QED) is 0.810. The van der Waals surface area contributed by atoms with Gasteiger partial charge in [-0.1, -0.05) is 19.1 Å². The van der Waals surface area contributed by atoms with Gasteiger partial charge >= 0.3 is 0 Å². The lowest BCUT2D eigenvalue weighted by molar-refractivity contribution is -0.126. The van der Waals surface area contributed by atoms with E-state index in [1.165, 1.54) is 5.56 Å². The summed E-state index contributed by atoms with van der Waals surface area (Å²) < 4.78 is 5.11. The molecule has 2 N–H and O–H groups in total. The van der Waals surface area contributed by atoms with Crippen LogP contribution in [0, 0.1) is 11.8 Å². The maximum Gasteiger partial charge on any atom is 0.223 e. The van der Waals surface area contributed by atoms with Crippen molar-refractivity contribution in [3.05, 3.63) is 29.8 Å². The normalized spacial score (nSPS) is 16.5. The first-order valence-corrected chi connectivity index (χ1v) is 6.82. The van der Waals surface area contributed by atoms with Gasteiger partial charge in [-0.2, -0.15) is 0 Å². The van der Waals surface area contributed by atoms with Crippen LogP contribution in [0.1, 0.15) is 12.5 Å². The van der Waals surface area contributed by atoms with Gasteiger partial charge < -0.3 is 15.4 Å². The number of rotatable bonds is 6. The van der Waals surface area contributed by atoms with Gasteiger partial charge in [0.2, 0.25) is 5.91 Å². The van der Waals surface area contributed by atoms with Gasteiger partial charge in [0.1, 0.15) is 5.75 Å². The average molecular weight is 262 g/mol. The molecule has 0 radical (unpaired) electrons. The Kier molecular flexibility index (Phi) is 4.80. The van der Waals surface area contributed by atoms with Crippen LogP contribution in [0.5, 0.6) is 5.75 Å². The Morgan fingerprint density at radius 1 is 1.42 bits per heavy atom. The average Bonchev–Trinajstić information content (AvgIpc) is 2.37. The van der Waals surface area contributed by atoms with Gasteiger partial charge in [-0.3, -0.25) is 4.79 Å². The number of methoxy groups -OCH3 is 1. The third-order valence-electron chi connectivity index (χ3n) is 3.81. The Hall–Kier alpha value is -1.55. The number of benzene rings is 1. The highest BCUT2D eigenvalue weighted by Crippen LogP contribution is 2.16. The molecule has 1 aliphatic heterocycles. The van der Waals surface area contributed by atoms with Crippen molar-refractivity contribution in [1.29, 1.82) is 0 Å². The summed E-state index contributed by atoms with van der Waals surface area (Å²) in [6.45, 7) is 4.63. The molecule has 4 nitrogen and oxygen atoms in total. The minimum absolute atomic E-state index is 0.108. The summed E-state index contributed by atoms with van der Waals surface area (Å²) in [6, 6.07) is 7.95. The van der Waals surface area contributed by atoms with Gasteiger partial charge in [-0.05, 0) is 43.1 Å². The molecule has 1 fully saturated rings. The lowest BCUT2D eigenvalue weighted by Gasteiger charge is -2.31. The van der Waals surface area contributed by atoms with Crippen LogP contribution >= 0.6 is 0 Å². The molecular weight excluding hydrogens is 240 g/mol. The molecule has 0 spiro atoms. The molecular formula is C15H22N2O2. The molecule has 1 aromatic rings. The van der Waals surface area contributed by atoms with Crippen molar-refractivity contribution in [1.82, 2.24) is 10.6 Å². The molecule has 1 saturated heterocycles. The summed E-state index contributed by atoms with van der Waals surface area (Å²) in [6.07, 6.45) is 0.853. The predicted molar refractivity (Wildman–Crippen MR) is 75.2 cm³/mol. The molecule has 0 bridgehead atoms. The molecule has 2 rings (SSSR count). The van der Waals surface area contributed by atoms with E-state index in [-0.39, 0.29) is 11.8 Å². The van der Waals surface area contributed by atoms with Crippen molar-refractivity contribution >= 4 is 5.91 Å². The van der Waals surface area contributed by atoms with Gasteiger partial charge in [0, 0.05) is 12.5 Å². The Balaban J connectivity index is 1.71. The number of hydrogen-bond acceptors (Lipinski definition) is 3. The third kappa shape index (κ3) is 3.70. The van der Waals surface area contributed by atoms with Crippen LogP contribution < -0.4 is 15.4 Å². The molecule has 1 unspecified atom stereocenters. The summed E-state index contributed by atoms with van der Waals surface area (Å²) in [5, 5.41) is 6.21. The van der Waals surface area contributed by atoms with Crippen LogP contribution in [0.15, 0.2) is 24.3 Å². The van der Waals surface area contributed by atoms with Gasteiger partial charge in [0.05, 0.1) is 7.11 Å². The van der Waals surface area contributed by atoms with E-state index < -0.39 is 0 Å². The van der Waals surface area contributed by atoms with E-state index in [2.05, 4.69) is 10.6 Å². The second-order valence-electron chi connectivity index (χ2n) is 5.10. The maximum absolute atomic E-state index is 11.9. The zero-order valence-electron chi connectivity index (χ0n) is 11.6. The third-order valence-corrected chi connectivity index (χ3v) is 3.81. The van der Waals surface area contributed by atoms with E-state index in [4.69, 9.17) is 4.74 Å². The second kappa shape index (κ2) is 6.57. The largest absolute Gasteiger partial charge is 0.497 e. The highest BCUT2D eigenvalue weighted by molar-refractivity contribution is 5.78. The van der Waals surface area contributed by atoms with E-state index in [1.807, 2.05) is 31.2 Å². The molecule has 1 atom stereocenters. The van der Waals surface area contributed by atoms with E-state index in [1.54, 1.807) is 7.11 Å². The summed E-state index contributed by atoms with van der Waals surface area (Å²) in [4.78, 5) is 11.9. The number of nitrogens with one attached hydrogen (secondary N) is 2. The van der Waals surface area contributed by atoms with E-state index >= 15 is 0 Å². The smallest absolute Gasteiger partial charge is 0.223 e. The van der Waals surface area contributed by atoms with Gasteiger partial charge in [-0.15, -0.1) is 0 Å². The molecule has 1 aromatic carbocycles. The highest BCUT2D eigenvalue weighted by Gasteiger charge is 2.28. The van der Waals surface area contributed by atoms with Gasteiger partial charge in [0.25, 0.3) is 0 Å². The minimum atomic E-state index is 0.108. The molecule has 1 heterocycles. The Bertz CT molecular complexity index is 413. The predicted octanol–water partition coefficient (Wildman–Crippen LogP) is 1.21. The summed E-state index contributed by atoms with van der Waals surface area (Å²) in [7, 11) is 1.66. The van der Waals surface area contributed by atoms with Crippen LogP contribution in [0.4, 0.5) is 0 Å². The Morgan fingerprint density at radius 3 is 2.63 bits per heavy atom. The van der Waals surface area contributed by atoms with Crippen LogP contribution in [0.3, 0.4) is 0 Å². The highest BCUT2D eigenvalue weighted by atomic mass is 16.5. The number of carbonyl (C=O) groups excluding carboxylic acids is 1. The van der Waals surface area contributed by atoms with Crippen molar-refractivity contribution in [2.45, 2.75) is 13.3 Å². The zero-order chi connectivity index (χ0) is 13.7. The molecule has 1 aliphatic rings. The van der Waals surface area contributed by atoms with Crippen molar-refractivity contribution in [3.63, 3.8) is 0 Å². The summed E-state index contributed by atoms with van der Waals surface area (Å²) in [5.41, 5.74) is 1.21. The topological polar surface area (TPSA) is 50.4 Å². The van der Waals surface area contributed by atoms with Gasteiger partial charge in [-0.25, -0.2) is 0 Å². The lowest BCUT2D eigenvalue weighted by Crippen LogP contribution is -2.49. The van der Waals surface area contributed by atoms with Crippen LogP contribution in [0.2, 0.25) is 0 Å². The lowest BCUT2D eigenvalue weighted by atomic mass is 9.88. The van der Waals surface area contributed by atoms with Crippen molar-refractivity contribution in [2.24, 2.45) is 11.8 Å². The monoisotopic (exact) mass is 262 g/mol. The Morgan fingerprint density at radius 2 is 2.11 bits per heavy atom. The first kappa shape index (κ1) is 13.9. The maximum atomic E-state index is 11.9. The Labute approximate surface area is 114 Å². The standard InChI is InChI=1S/C15H22N2O2/c1-11(13-9-16-10-13)15(18)17-8-7-12-3-5-14(19-2)6-4-12/h3-6,11,13,16H,7-10H2,1-2H3,(H,17,18). The first-order valence-electron chi connectivity index (χ1n) is 6.82. The molecule has 4 heteroatoms.